The van der Waals surface area contributed by atoms with Crippen LogP contribution in [0.5, 0.6) is 5.75 Å². The highest BCUT2D eigenvalue weighted by atomic mass is 16.4. The first-order valence-corrected chi connectivity index (χ1v) is 6.16. The van der Waals surface area contributed by atoms with Crippen LogP contribution in [0.4, 0.5) is 0 Å². The fraction of sp³-hybridized carbons (Fsp3) is 0.467. The number of nitrogens with one attached hydrogen (secondary N) is 1. The Bertz CT molecular complexity index is 523. The summed E-state index contributed by atoms with van der Waals surface area (Å²) in [6.07, 6.45) is 0.750. The van der Waals surface area contributed by atoms with E-state index in [1.165, 1.54) is 0 Å². The zero-order chi connectivity index (χ0) is 16.1. The van der Waals surface area contributed by atoms with Gasteiger partial charge in [-0.25, -0.2) is 10.2 Å². The maximum Gasteiger partial charge on any atom is 0.310 e. The molecule has 0 amide bonds. The molecule has 0 fully saturated rings. The van der Waals surface area contributed by atoms with E-state index in [1.54, 1.807) is 26.0 Å². The van der Waals surface area contributed by atoms with Crippen molar-refractivity contribution in [2.24, 2.45) is 0 Å². The Balaban J connectivity index is 0.00000110. The van der Waals surface area contributed by atoms with Gasteiger partial charge in [0.15, 0.2) is 0 Å². The summed E-state index contributed by atoms with van der Waals surface area (Å²) in [6, 6.07) is 3.53. The minimum Gasteiger partial charge on any atom is -0.507 e. The molecule has 5 nitrogen and oxygen atoms in total. The van der Waals surface area contributed by atoms with Crippen LogP contribution in [0.15, 0.2) is 12.1 Å². The Morgan fingerprint density at radius 3 is 2.15 bits per heavy atom. The second-order valence-corrected chi connectivity index (χ2v) is 5.65. The number of carboxylic acids is 1. The first kappa shape index (κ1) is 17.9. The summed E-state index contributed by atoms with van der Waals surface area (Å²) in [5.74, 6) is -1.15. The predicted molar refractivity (Wildman–Crippen MR) is 76.0 cm³/mol. The van der Waals surface area contributed by atoms with Gasteiger partial charge in [-0.15, -0.1) is 0 Å². The standard InChI is InChI=1S/C14H20O3.CHNO/c1-8-6-10(9(2)13(16)17)7-11(12(8)15)14(3,4)5;2-1-3/h6-7,9,15H,1-5H3,(H,16,17);2H. The molecule has 5 heteroatoms. The second kappa shape index (κ2) is 6.87. The van der Waals surface area contributed by atoms with Gasteiger partial charge in [-0.2, -0.15) is 0 Å². The van der Waals surface area contributed by atoms with Crippen LogP contribution in [0.25, 0.3) is 0 Å². The van der Waals surface area contributed by atoms with E-state index in [-0.39, 0.29) is 11.2 Å². The number of carboxylic acid groups (broad SMARTS) is 1. The number of isocyanates is 1. The monoisotopic (exact) mass is 279 g/mol. The largest absolute Gasteiger partial charge is 0.507 e. The van der Waals surface area contributed by atoms with Crippen molar-refractivity contribution >= 4 is 12.0 Å². The van der Waals surface area contributed by atoms with E-state index < -0.39 is 11.9 Å². The summed E-state index contributed by atoms with van der Waals surface area (Å²) in [5, 5.41) is 24.5. The maximum atomic E-state index is 11.0. The number of rotatable bonds is 2. The number of phenols is 1. The molecule has 0 radical (unpaired) electrons. The van der Waals surface area contributed by atoms with Gasteiger partial charge >= 0.3 is 5.97 Å². The Morgan fingerprint density at radius 1 is 1.35 bits per heavy atom. The minimum absolute atomic E-state index is 0.205. The summed E-state index contributed by atoms with van der Waals surface area (Å²) >= 11 is 0. The van der Waals surface area contributed by atoms with Crippen molar-refractivity contribution in [1.82, 2.24) is 0 Å². The van der Waals surface area contributed by atoms with Crippen LogP contribution in [0, 0.1) is 12.3 Å². The number of aromatic hydroxyl groups is 1. The molecule has 0 aliphatic carbocycles. The van der Waals surface area contributed by atoms with Gasteiger partial charge in [0.1, 0.15) is 5.75 Å². The fourth-order valence-corrected chi connectivity index (χ4v) is 1.77. The van der Waals surface area contributed by atoms with Crippen molar-refractivity contribution in [3.05, 3.63) is 28.8 Å². The number of benzene rings is 1. The van der Waals surface area contributed by atoms with Crippen LogP contribution in [-0.4, -0.2) is 22.3 Å². The first-order valence-electron chi connectivity index (χ1n) is 6.16. The van der Waals surface area contributed by atoms with Gasteiger partial charge in [0.05, 0.1) is 5.92 Å². The molecule has 0 saturated heterocycles. The van der Waals surface area contributed by atoms with Crippen LogP contribution < -0.4 is 0 Å². The second-order valence-electron chi connectivity index (χ2n) is 5.65. The molecule has 0 spiro atoms. The summed E-state index contributed by atoms with van der Waals surface area (Å²) in [6.45, 7) is 9.44. The number of hydrogen-bond donors (Lipinski definition) is 3. The molecule has 110 valence electrons. The fourth-order valence-electron chi connectivity index (χ4n) is 1.77. The van der Waals surface area contributed by atoms with Gasteiger partial charge in [0, 0.05) is 0 Å². The molecular weight excluding hydrogens is 258 g/mol. The molecule has 1 unspecified atom stereocenters. The van der Waals surface area contributed by atoms with Crippen LogP contribution >= 0.6 is 0 Å². The third-order valence-electron chi connectivity index (χ3n) is 3.00. The number of carbonyl (C=O) groups is 1. The summed E-state index contributed by atoms with van der Waals surface area (Å²) in [4.78, 5) is 19.3. The lowest BCUT2D eigenvalue weighted by Crippen LogP contribution is -2.14. The van der Waals surface area contributed by atoms with E-state index >= 15 is 0 Å². The zero-order valence-electron chi connectivity index (χ0n) is 12.4. The van der Waals surface area contributed by atoms with Crippen molar-refractivity contribution in [2.45, 2.75) is 46.0 Å². The molecule has 0 aliphatic rings. The third-order valence-corrected chi connectivity index (χ3v) is 3.00. The maximum absolute atomic E-state index is 11.0. The highest BCUT2D eigenvalue weighted by Gasteiger charge is 2.23. The lowest BCUT2D eigenvalue weighted by molar-refractivity contribution is -0.138. The molecule has 0 bridgehead atoms. The third kappa shape index (κ3) is 4.52. The number of hydrogen-bond acceptors (Lipinski definition) is 4. The Hall–Kier alpha value is -2.13. The highest BCUT2D eigenvalue weighted by Crippen LogP contribution is 2.35. The van der Waals surface area contributed by atoms with Gasteiger partial charge in [-0.3, -0.25) is 4.79 Å². The number of carbonyl (C=O) groups excluding carboxylic acids is 1. The molecule has 1 aromatic carbocycles. The number of aryl methyl sites for hydroxylation is 1. The average molecular weight is 279 g/mol. The topological polar surface area (TPSA) is 98.4 Å². The van der Waals surface area contributed by atoms with Crippen molar-refractivity contribution in [1.29, 1.82) is 5.41 Å². The molecule has 3 N–H and O–H groups in total. The molecule has 1 atom stereocenters. The van der Waals surface area contributed by atoms with E-state index in [2.05, 4.69) is 0 Å². The van der Waals surface area contributed by atoms with E-state index in [0.717, 1.165) is 22.8 Å². The highest BCUT2D eigenvalue weighted by molar-refractivity contribution is 5.76. The predicted octanol–water partition coefficient (Wildman–Crippen LogP) is 3.09. The molecule has 1 rings (SSSR count). The van der Waals surface area contributed by atoms with Crippen molar-refractivity contribution in [2.75, 3.05) is 0 Å². The van der Waals surface area contributed by atoms with Gasteiger partial charge < -0.3 is 10.2 Å². The normalized spacial score (nSPS) is 11.8. The van der Waals surface area contributed by atoms with Crippen molar-refractivity contribution in [3.63, 3.8) is 0 Å². The Morgan fingerprint density at radius 2 is 1.80 bits per heavy atom. The van der Waals surface area contributed by atoms with E-state index in [1.807, 2.05) is 20.8 Å². The molecule has 1 aromatic rings. The average Bonchev–Trinajstić information content (AvgIpc) is 2.30. The van der Waals surface area contributed by atoms with Gasteiger partial charge in [-0.1, -0.05) is 32.9 Å². The minimum atomic E-state index is -0.852. The quantitative estimate of drug-likeness (QED) is 0.572. The van der Waals surface area contributed by atoms with Crippen molar-refractivity contribution < 1.29 is 19.8 Å². The summed E-state index contributed by atoms with van der Waals surface area (Å²) in [7, 11) is 0. The molecular formula is C15H21NO4. The molecule has 0 heterocycles. The van der Waals surface area contributed by atoms with Crippen LogP contribution in [0.2, 0.25) is 0 Å². The number of phenolic OH excluding ortho intramolecular Hbond substituents is 1. The van der Waals surface area contributed by atoms with E-state index in [0.29, 0.717) is 0 Å². The molecule has 20 heavy (non-hydrogen) atoms. The number of aliphatic carboxylic acids is 1. The summed E-state index contributed by atoms with van der Waals surface area (Å²) < 4.78 is 0. The van der Waals surface area contributed by atoms with Gasteiger partial charge in [-0.05, 0) is 36.0 Å². The lowest BCUT2D eigenvalue weighted by Gasteiger charge is -2.23. The van der Waals surface area contributed by atoms with E-state index in [4.69, 9.17) is 15.3 Å². The smallest absolute Gasteiger partial charge is 0.310 e. The van der Waals surface area contributed by atoms with Crippen molar-refractivity contribution in [3.8, 4) is 5.75 Å². The molecule has 0 saturated carbocycles. The van der Waals surface area contributed by atoms with Gasteiger partial charge in [0.25, 0.3) is 0 Å². The van der Waals surface area contributed by atoms with Gasteiger partial charge in [0.2, 0.25) is 6.08 Å². The van der Waals surface area contributed by atoms with Crippen LogP contribution in [-0.2, 0) is 15.0 Å². The van der Waals surface area contributed by atoms with Crippen LogP contribution in [0.1, 0.15) is 50.3 Å². The molecule has 0 aliphatic heterocycles. The SMILES string of the molecule is Cc1cc(C(C)C(=O)O)cc(C(C)(C)C)c1O.N=C=O. The van der Waals surface area contributed by atoms with E-state index in [9.17, 15) is 9.90 Å². The Kier molecular flexibility index (Phi) is 6.14. The van der Waals surface area contributed by atoms with Crippen LogP contribution in [0.3, 0.4) is 0 Å². The first-order chi connectivity index (χ1) is 9.06. The molecule has 0 aromatic heterocycles. The Labute approximate surface area is 118 Å². The summed E-state index contributed by atoms with van der Waals surface area (Å²) in [5.41, 5.74) is 2.04. The lowest BCUT2D eigenvalue weighted by atomic mass is 9.82. The zero-order valence-corrected chi connectivity index (χ0v) is 12.4.